The molecule has 0 aliphatic carbocycles. The molecule has 2 amide bonds. The first-order chi connectivity index (χ1) is 14.8. The SMILES string of the molecule is O=C(CCNC(=O)c1ccccc1Cl)Nc1ccc(F)c(S(=O)(=O)N2CCOCC2)c1. The molecule has 2 aromatic carbocycles. The molecule has 1 heterocycles. The number of sulfonamides is 1. The van der Waals surface area contributed by atoms with Crippen molar-refractivity contribution in [3.05, 3.63) is 58.9 Å². The topological polar surface area (TPSA) is 105 Å². The van der Waals surface area contributed by atoms with Crippen molar-refractivity contribution >= 4 is 39.1 Å². The lowest BCUT2D eigenvalue weighted by molar-refractivity contribution is -0.116. The lowest BCUT2D eigenvalue weighted by Gasteiger charge is -2.26. The second-order valence-electron chi connectivity index (χ2n) is 6.70. The molecule has 8 nitrogen and oxygen atoms in total. The molecule has 166 valence electrons. The van der Waals surface area contributed by atoms with Crippen LogP contribution < -0.4 is 10.6 Å². The number of ether oxygens (including phenoxy) is 1. The average Bonchev–Trinajstić information content (AvgIpc) is 2.76. The van der Waals surface area contributed by atoms with Crippen LogP contribution in [0.4, 0.5) is 10.1 Å². The summed E-state index contributed by atoms with van der Waals surface area (Å²) in [5, 5.41) is 5.40. The summed E-state index contributed by atoms with van der Waals surface area (Å²) in [5.74, 6) is -1.80. The Morgan fingerprint density at radius 2 is 1.84 bits per heavy atom. The summed E-state index contributed by atoms with van der Waals surface area (Å²) in [5.41, 5.74) is 0.428. The minimum absolute atomic E-state index is 0.0377. The number of carbonyl (C=O) groups is 2. The van der Waals surface area contributed by atoms with Gasteiger partial charge in [0.1, 0.15) is 10.7 Å². The van der Waals surface area contributed by atoms with Crippen molar-refractivity contribution < 1.29 is 27.1 Å². The number of hydrogen-bond acceptors (Lipinski definition) is 5. The van der Waals surface area contributed by atoms with Gasteiger partial charge >= 0.3 is 0 Å². The molecule has 0 aromatic heterocycles. The van der Waals surface area contributed by atoms with E-state index in [2.05, 4.69) is 10.6 Å². The van der Waals surface area contributed by atoms with Gasteiger partial charge in [-0.25, -0.2) is 12.8 Å². The maximum absolute atomic E-state index is 14.2. The molecule has 11 heteroatoms. The minimum Gasteiger partial charge on any atom is -0.379 e. The third kappa shape index (κ3) is 5.79. The van der Waals surface area contributed by atoms with Crippen molar-refractivity contribution in [3.63, 3.8) is 0 Å². The summed E-state index contributed by atoms with van der Waals surface area (Å²) in [6, 6.07) is 9.86. The van der Waals surface area contributed by atoms with E-state index in [1.54, 1.807) is 24.3 Å². The van der Waals surface area contributed by atoms with Gasteiger partial charge in [-0.1, -0.05) is 23.7 Å². The number of nitrogens with zero attached hydrogens (tertiary/aromatic N) is 1. The van der Waals surface area contributed by atoms with Crippen LogP contribution in [0.3, 0.4) is 0 Å². The Labute approximate surface area is 184 Å². The van der Waals surface area contributed by atoms with Gasteiger partial charge in [0.05, 0.1) is 23.8 Å². The smallest absolute Gasteiger partial charge is 0.252 e. The van der Waals surface area contributed by atoms with Crippen molar-refractivity contribution in [1.82, 2.24) is 9.62 Å². The zero-order valence-corrected chi connectivity index (χ0v) is 18.0. The van der Waals surface area contributed by atoms with Gasteiger partial charge in [-0.2, -0.15) is 4.31 Å². The van der Waals surface area contributed by atoms with Crippen LogP contribution in [0.2, 0.25) is 5.02 Å². The van der Waals surface area contributed by atoms with Crippen LogP contribution in [-0.4, -0.2) is 57.4 Å². The number of amides is 2. The molecular formula is C20H21ClFN3O5S. The van der Waals surface area contributed by atoms with E-state index in [0.29, 0.717) is 10.6 Å². The summed E-state index contributed by atoms with van der Waals surface area (Å²) in [6.45, 7) is 0.761. The van der Waals surface area contributed by atoms with E-state index in [-0.39, 0.29) is 45.0 Å². The van der Waals surface area contributed by atoms with Gasteiger partial charge in [-0.3, -0.25) is 9.59 Å². The average molecular weight is 470 g/mol. The minimum atomic E-state index is -4.06. The standard InChI is InChI=1S/C20H21ClFN3O5S/c21-16-4-2-1-3-15(16)20(27)23-8-7-19(26)24-14-5-6-17(22)18(13-14)31(28,29)25-9-11-30-12-10-25/h1-6,13H,7-12H2,(H,23,27)(H,24,26). The molecule has 0 saturated carbocycles. The first-order valence-electron chi connectivity index (χ1n) is 9.49. The molecule has 0 atom stereocenters. The van der Waals surface area contributed by atoms with Crippen LogP contribution in [0.25, 0.3) is 0 Å². The molecular weight excluding hydrogens is 449 g/mol. The molecule has 1 fully saturated rings. The Hall–Kier alpha value is -2.53. The molecule has 0 unspecified atom stereocenters. The number of carbonyl (C=O) groups excluding carboxylic acids is 2. The first-order valence-corrected chi connectivity index (χ1v) is 11.3. The maximum atomic E-state index is 14.2. The van der Waals surface area contributed by atoms with Crippen LogP contribution in [0.15, 0.2) is 47.4 Å². The number of rotatable bonds is 7. The van der Waals surface area contributed by atoms with Crippen LogP contribution in [0.1, 0.15) is 16.8 Å². The Bertz CT molecular complexity index is 1070. The fourth-order valence-electron chi connectivity index (χ4n) is 2.96. The zero-order chi connectivity index (χ0) is 22.4. The highest BCUT2D eigenvalue weighted by Gasteiger charge is 2.29. The summed E-state index contributed by atoms with van der Waals surface area (Å²) in [7, 11) is -4.06. The molecule has 0 bridgehead atoms. The summed E-state index contributed by atoms with van der Waals surface area (Å²) in [6.07, 6.45) is -0.0703. The highest BCUT2D eigenvalue weighted by atomic mass is 35.5. The summed E-state index contributed by atoms with van der Waals surface area (Å²) in [4.78, 5) is 23.8. The summed E-state index contributed by atoms with van der Waals surface area (Å²) >= 11 is 5.96. The maximum Gasteiger partial charge on any atom is 0.252 e. The quantitative estimate of drug-likeness (QED) is 0.647. The van der Waals surface area contributed by atoms with Crippen molar-refractivity contribution in [3.8, 4) is 0 Å². The van der Waals surface area contributed by atoms with Crippen LogP contribution in [0.5, 0.6) is 0 Å². The monoisotopic (exact) mass is 469 g/mol. The Balaban J connectivity index is 1.60. The zero-order valence-electron chi connectivity index (χ0n) is 16.4. The molecule has 3 rings (SSSR count). The number of morpholine rings is 1. The predicted octanol–water partition coefficient (Wildman–Crippen LogP) is 2.26. The van der Waals surface area contributed by atoms with Gasteiger partial charge in [-0.05, 0) is 30.3 Å². The highest BCUT2D eigenvalue weighted by Crippen LogP contribution is 2.24. The van der Waals surface area contributed by atoms with E-state index in [4.69, 9.17) is 16.3 Å². The first kappa shape index (κ1) is 23.1. The van der Waals surface area contributed by atoms with E-state index < -0.39 is 32.6 Å². The number of anilines is 1. The molecule has 0 spiro atoms. The molecule has 1 saturated heterocycles. The van der Waals surface area contributed by atoms with Crippen molar-refractivity contribution in [2.75, 3.05) is 38.2 Å². The Morgan fingerprint density at radius 3 is 2.55 bits per heavy atom. The molecule has 0 radical (unpaired) electrons. The second-order valence-corrected chi connectivity index (χ2v) is 9.01. The number of nitrogens with one attached hydrogen (secondary N) is 2. The molecule has 31 heavy (non-hydrogen) atoms. The largest absolute Gasteiger partial charge is 0.379 e. The van der Waals surface area contributed by atoms with Crippen molar-refractivity contribution in [2.24, 2.45) is 0 Å². The van der Waals surface area contributed by atoms with Gasteiger partial charge < -0.3 is 15.4 Å². The molecule has 1 aliphatic rings. The summed E-state index contributed by atoms with van der Waals surface area (Å²) < 4.78 is 45.9. The second kappa shape index (κ2) is 10.2. The van der Waals surface area contributed by atoms with Gasteiger partial charge in [0, 0.05) is 31.7 Å². The fraction of sp³-hybridized carbons (Fsp3) is 0.300. The number of hydrogen-bond donors (Lipinski definition) is 2. The molecule has 1 aliphatic heterocycles. The predicted molar refractivity (Wildman–Crippen MR) is 113 cm³/mol. The lowest BCUT2D eigenvalue weighted by Crippen LogP contribution is -2.40. The van der Waals surface area contributed by atoms with E-state index >= 15 is 0 Å². The van der Waals surface area contributed by atoms with Crippen LogP contribution >= 0.6 is 11.6 Å². The molecule has 2 aromatic rings. The lowest BCUT2D eigenvalue weighted by atomic mass is 10.2. The van der Waals surface area contributed by atoms with Gasteiger partial charge in [0.15, 0.2) is 0 Å². The van der Waals surface area contributed by atoms with E-state index in [1.165, 1.54) is 6.07 Å². The number of halogens is 2. The van der Waals surface area contributed by atoms with E-state index in [1.807, 2.05) is 0 Å². The fourth-order valence-corrected chi connectivity index (χ4v) is 4.68. The van der Waals surface area contributed by atoms with Crippen molar-refractivity contribution in [1.29, 1.82) is 0 Å². The normalized spacial score (nSPS) is 14.8. The number of benzene rings is 2. The van der Waals surface area contributed by atoms with E-state index in [0.717, 1.165) is 16.4 Å². The van der Waals surface area contributed by atoms with Crippen molar-refractivity contribution in [2.45, 2.75) is 11.3 Å². The van der Waals surface area contributed by atoms with Gasteiger partial charge in [0.2, 0.25) is 15.9 Å². The Kier molecular flexibility index (Phi) is 7.60. The van der Waals surface area contributed by atoms with Gasteiger partial charge in [-0.15, -0.1) is 0 Å². The third-order valence-electron chi connectivity index (χ3n) is 4.56. The van der Waals surface area contributed by atoms with Crippen LogP contribution in [-0.2, 0) is 19.6 Å². The Morgan fingerprint density at radius 1 is 1.13 bits per heavy atom. The highest BCUT2D eigenvalue weighted by molar-refractivity contribution is 7.89. The van der Waals surface area contributed by atoms with Crippen LogP contribution in [0, 0.1) is 5.82 Å². The van der Waals surface area contributed by atoms with E-state index in [9.17, 15) is 22.4 Å². The van der Waals surface area contributed by atoms with Gasteiger partial charge in [0.25, 0.3) is 5.91 Å². The molecule has 2 N–H and O–H groups in total. The third-order valence-corrected chi connectivity index (χ3v) is 6.80.